The summed E-state index contributed by atoms with van der Waals surface area (Å²) in [4.78, 5) is 15.0. The second-order valence-corrected chi connectivity index (χ2v) is 6.13. The first kappa shape index (κ1) is 13.7. The molecule has 4 nitrogen and oxygen atoms in total. The monoisotopic (exact) mass is 337 g/mol. The number of fused-ring (bicyclic) bond motifs is 1. The van der Waals surface area contributed by atoms with Crippen LogP contribution in [0, 0.1) is 0 Å². The minimum atomic E-state index is -0.453. The van der Waals surface area contributed by atoms with Gasteiger partial charge in [-0.25, -0.2) is 4.79 Å². The molecule has 0 amide bonds. The van der Waals surface area contributed by atoms with Crippen LogP contribution in [0.15, 0.2) is 21.6 Å². The van der Waals surface area contributed by atoms with Crippen molar-refractivity contribution in [2.45, 2.75) is 37.6 Å². The summed E-state index contributed by atoms with van der Waals surface area (Å²) >= 11 is 3.59. The van der Waals surface area contributed by atoms with Crippen molar-refractivity contribution in [1.29, 1.82) is 0 Å². The van der Waals surface area contributed by atoms with Gasteiger partial charge in [-0.15, -0.1) is 0 Å². The third-order valence-corrected chi connectivity index (χ3v) is 4.69. The molecule has 0 spiro atoms. The maximum atomic E-state index is 10.8. The van der Waals surface area contributed by atoms with Crippen molar-refractivity contribution in [3.8, 4) is 11.5 Å². The average molecular weight is 338 g/mol. The van der Waals surface area contributed by atoms with Crippen LogP contribution in [-0.2, 0) is 10.3 Å². The second-order valence-electron chi connectivity index (χ2n) is 5.27. The standard InChI is InChI=1S/C15H16BrNO3/c16-12-9-14-13(19-6-3-7-20-14)8-11(12)15(17-10-18)4-1-2-5-15/h8-9H,1-7H2. The maximum Gasteiger partial charge on any atom is 0.235 e. The van der Waals surface area contributed by atoms with Crippen LogP contribution in [0.4, 0.5) is 0 Å². The molecule has 5 heteroatoms. The lowest BCUT2D eigenvalue weighted by molar-refractivity contribution is 0.296. The molecule has 0 bridgehead atoms. The Hall–Kier alpha value is -1.32. The number of hydrogen-bond acceptors (Lipinski definition) is 4. The third kappa shape index (κ3) is 2.36. The highest BCUT2D eigenvalue weighted by Gasteiger charge is 2.38. The number of benzene rings is 1. The van der Waals surface area contributed by atoms with Crippen LogP contribution in [0.3, 0.4) is 0 Å². The molecule has 106 valence electrons. The highest BCUT2D eigenvalue weighted by atomic mass is 79.9. The molecule has 1 aromatic carbocycles. The van der Waals surface area contributed by atoms with Crippen LogP contribution in [0.5, 0.6) is 11.5 Å². The van der Waals surface area contributed by atoms with Crippen molar-refractivity contribution >= 4 is 22.0 Å². The van der Waals surface area contributed by atoms with Crippen LogP contribution in [0.25, 0.3) is 0 Å². The molecule has 1 aromatic rings. The molecule has 0 N–H and O–H groups in total. The molecule has 0 aromatic heterocycles. The summed E-state index contributed by atoms with van der Waals surface area (Å²) in [7, 11) is 0. The van der Waals surface area contributed by atoms with Crippen LogP contribution in [-0.4, -0.2) is 19.3 Å². The van der Waals surface area contributed by atoms with Gasteiger partial charge in [0.1, 0.15) is 0 Å². The van der Waals surface area contributed by atoms with Gasteiger partial charge in [0.25, 0.3) is 0 Å². The summed E-state index contributed by atoms with van der Waals surface area (Å²) in [5.74, 6) is 1.49. The van der Waals surface area contributed by atoms with Gasteiger partial charge in [-0.2, -0.15) is 4.99 Å². The van der Waals surface area contributed by atoms with Crippen molar-refractivity contribution in [3.05, 3.63) is 22.2 Å². The number of rotatable bonds is 2. The van der Waals surface area contributed by atoms with E-state index in [0.29, 0.717) is 13.2 Å². The van der Waals surface area contributed by atoms with Crippen molar-refractivity contribution in [2.75, 3.05) is 13.2 Å². The minimum absolute atomic E-state index is 0.453. The van der Waals surface area contributed by atoms with Crippen molar-refractivity contribution < 1.29 is 14.3 Å². The van der Waals surface area contributed by atoms with Crippen molar-refractivity contribution in [3.63, 3.8) is 0 Å². The number of halogens is 1. The van der Waals surface area contributed by atoms with E-state index in [1.807, 2.05) is 12.1 Å². The topological polar surface area (TPSA) is 47.9 Å². The molecule has 1 heterocycles. The highest BCUT2D eigenvalue weighted by molar-refractivity contribution is 9.10. The maximum absolute atomic E-state index is 10.8. The summed E-state index contributed by atoms with van der Waals surface area (Å²) in [6.07, 6.45) is 6.53. The molecule has 0 atom stereocenters. The number of carbonyl (C=O) groups excluding carboxylic acids is 1. The predicted molar refractivity (Wildman–Crippen MR) is 78.0 cm³/mol. The molecule has 2 aliphatic rings. The van der Waals surface area contributed by atoms with Gasteiger partial charge in [-0.05, 0) is 30.5 Å². The average Bonchev–Trinajstić information content (AvgIpc) is 2.78. The molecular formula is C15H16BrNO3. The lowest BCUT2D eigenvalue weighted by Gasteiger charge is -2.25. The number of isocyanates is 1. The molecule has 0 unspecified atom stereocenters. The predicted octanol–water partition coefficient (Wildman–Crippen LogP) is 3.72. The van der Waals surface area contributed by atoms with Gasteiger partial charge < -0.3 is 9.47 Å². The Morgan fingerprint density at radius 2 is 1.75 bits per heavy atom. The van der Waals surface area contributed by atoms with E-state index in [2.05, 4.69) is 20.9 Å². The molecule has 1 aliphatic carbocycles. The van der Waals surface area contributed by atoms with E-state index >= 15 is 0 Å². The first-order valence-electron chi connectivity index (χ1n) is 6.94. The van der Waals surface area contributed by atoms with E-state index in [-0.39, 0.29) is 0 Å². The van der Waals surface area contributed by atoms with Crippen molar-refractivity contribution in [2.24, 2.45) is 4.99 Å². The molecule has 20 heavy (non-hydrogen) atoms. The van der Waals surface area contributed by atoms with Gasteiger partial charge in [0, 0.05) is 10.9 Å². The Bertz CT molecular complexity index is 560. The molecular weight excluding hydrogens is 322 g/mol. The molecule has 1 fully saturated rings. The third-order valence-electron chi connectivity index (χ3n) is 4.03. The fourth-order valence-electron chi connectivity index (χ4n) is 3.03. The van der Waals surface area contributed by atoms with Gasteiger partial charge >= 0.3 is 0 Å². The first-order chi connectivity index (χ1) is 9.75. The highest BCUT2D eigenvalue weighted by Crippen LogP contribution is 2.48. The van der Waals surface area contributed by atoms with Gasteiger partial charge in [0.2, 0.25) is 6.08 Å². The Morgan fingerprint density at radius 1 is 1.10 bits per heavy atom. The van der Waals surface area contributed by atoms with E-state index in [4.69, 9.17) is 9.47 Å². The van der Waals surface area contributed by atoms with Crippen LogP contribution in [0.2, 0.25) is 0 Å². The van der Waals surface area contributed by atoms with Crippen LogP contribution >= 0.6 is 15.9 Å². The van der Waals surface area contributed by atoms with Gasteiger partial charge in [-0.3, -0.25) is 0 Å². The van der Waals surface area contributed by atoms with Crippen LogP contribution in [0.1, 0.15) is 37.7 Å². The summed E-state index contributed by atoms with van der Waals surface area (Å²) in [6.45, 7) is 1.31. The Balaban J connectivity index is 2.09. The Kier molecular flexibility index (Phi) is 3.81. The molecule has 1 aliphatic heterocycles. The summed E-state index contributed by atoms with van der Waals surface area (Å²) in [5, 5.41) is 0. The van der Waals surface area contributed by atoms with Crippen molar-refractivity contribution in [1.82, 2.24) is 0 Å². The molecule has 3 rings (SSSR count). The quantitative estimate of drug-likeness (QED) is 0.610. The number of nitrogens with zero attached hydrogens (tertiary/aromatic N) is 1. The van der Waals surface area contributed by atoms with E-state index in [0.717, 1.165) is 53.6 Å². The first-order valence-corrected chi connectivity index (χ1v) is 7.73. The van der Waals surface area contributed by atoms with E-state index in [1.165, 1.54) is 0 Å². The SMILES string of the molecule is O=C=NC1(c2cc3c(cc2Br)OCCCO3)CCCC1. The van der Waals surface area contributed by atoms with E-state index in [1.54, 1.807) is 6.08 Å². The van der Waals surface area contributed by atoms with Crippen LogP contribution < -0.4 is 9.47 Å². The van der Waals surface area contributed by atoms with Gasteiger partial charge in [-0.1, -0.05) is 28.8 Å². The number of hydrogen-bond donors (Lipinski definition) is 0. The van der Waals surface area contributed by atoms with E-state index in [9.17, 15) is 4.79 Å². The summed E-state index contributed by atoms with van der Waals surface area (Å²) in [5.41, 5.74) is 0.549. The fraction of sp³-hybridized carbons (Fsp3) is 0.533. The van der Waals surface area contributed by atoms with E-state index < -0.39 is 5.54 Å². The Morgan fingerprint density at radius 3 is 2.40 bits per heavy atom. The molecule has 0 radical (unpaired) electrons. The molecule has 0 saturated heterocycles. The zero-order valence-electron chi connectivity index (χ0n) is 11.2. The lowest BCUT2D eigenvalue weighted by Crippen LogP contribution is -2.19. The van der Waals surface area contributed by atoms with Gasteiger partial charge in [0.05, 0.1) is 18.8 Å². The summed E-state index contributed by atoms with van der Waals surface area (Å²) in [6, 6.07) is 3.90. The zero-order chi connectivity index (χ0) is 14.0. The fourth-order valence-corrected chi connectivity index (χ4v) is 3.72. The number of aliphatic imine (C=N–C) groups is 1. The zero-order valence-corrected chi connectivity index (χ0v) is 12.7. The Labute approximate surface area is 126 Å². The normalized spacial score (nSPS) is 20.1. The lowest BCUT2D eigenvalue weighted by atomic mass is 9.88. The minimum Gasteiger partial charge on any atom is -0.490 e. The summed E-state index contributed by atoms with van der Waals surface area (Å²) < 4.78 is 12.3. The smallest absolute Gasteiger partial charge is 0.235 e. The molecule has 1 saturated carbocycles. The van der Waals surface area contributed by atoms with Gasteiger partial charge in [0.15, 0.2) is 11.5 Å². The second kappa shape index (κ2) is 5.58. The largest absolute Gasteiger partial charge is 0.490 e. The number of ether oxygens (including phenoxy) is 2.